The molecule has 66 heavy (non-hydrogen) atoms. The van der Waals surface area contributed by atoms with Gasteiger partial charge in [0.25, 0.3) is 0 Å². The summed E-state index contributed by atoms with van der Waals surface area (Å²) in [5.74, 6) is 0.953. The van der Waals surface area contributed by atoms with Gasteiger partial charge in [0.05, 0.1) is 17.8 Å². The summed E-state index contributed by atoms with van der Waals surface area (Å²) in [4.78, 5) is 29.8. The van der Waals surface area contributed by atoms with Gasteiger partial charge in [0, 0.05) is 54.6 Å². The number of anilines is 1. The number of benzene rings is 2. The minimum absolute atomic E-state index is 0.0267. The van der Waals surface area contributed by atoms with Crippen molar-refractivity contribution in [2.24, 2.45) is 51.2 Å². The SMILES string of the molecule is CNCc1cc(O)cc(C2CC3(C)C(C(NCC(C)O)CC4(CCO)C3CCC3=C(C(C)CC(O)C5OC5(C)C5CCCC5c5cc(N)cc(CC(C)C)c5)C(=O)CC34C)C(C)(C)C2=O)c1. The Morgan fingerprint density at radius 1 is 0.909 bits per heavy atom. The van der Waals surface area contributed by atoms with Crippen LogP contribution in [0.1, 0.15) is 161 Å². The Balaban J connectivity index is 1.10. The second-order valence-corrected chi connectivity index (χ2v) is 24.1. The maximum atomic E-state index is 15.0. The summed E-state index contributed by atoms with van der Waals surface area (Å²) in [6, 6.07) is 12.0. The number of hydrogen-bond acceptors (Lipinski definition) is 10. The third-order valence-corrected chi connectivity index (χ3v) is 18.8. The zero-order chi connectivity index (χ0) is 47.9. The fourth-order valence-electron chi connectivity index (χ4n) is 16.6. The first-order valence-electron chi connectivity index (χ1n) is 25.6. The number of phenolic OH excluding ortho intramolecular Hbond substituents is 1. The lowest BCUT2D eigenvalue weighted by atomic mass is 9.33. The maximum absolute atomic E-state index is 15.0. The molecule has 2 aromatic carbocycles. The van der Waals surface area contributed by atoms with E-state index in [9.17, 15) is 30.0 Å². The number of ketones is 2. The molecule has 14 atom stereocenters. The number of Topliss-reactive ketones (excluding diaryl/α,β-unsaturated/α-hetero) is 2. The van der Waals surface area contributed by atoms with Gasteiger partial charge in [0.2, 0.25) is 0 Å². The lowest BCUT2D eigenvalue weighted by Gasteiger charge is -2.71. The van der Waals surface area contributed by atoms with Gasteiger partial charge in [0.1, 0.15) is 17.6 Å². The zero-order valence-corrected chi connectivity index (χ0v) is 41.8. The largest absolute Gasteiger partial charge is 0.508 e. The monoisotopic (exact) mass is 910 g/mol. The van der Waals surface area contributed by atoms with Crippen LogP contribution in [-0.2, 0) is 27.3 Å². The first-order valence-corrected chi connectivity index (χ1v) is 25.6. The number of hydrogen-bond donors (Lipinski definition) is 7. The van der Waals surface area contributed by atoms with E-state index in [-0.39, 0.29) is 59.7 Å². The van der Waals surface area contributed by atoms with Crippen LogP contribution in [0.25, 0.3) is 0 Å². The van der Waals surface area contributed by atoms with Gasteiger partial charge in [-0.1, -0.05) is 72.6 Å². The van der Waals surface area contributed by atoms with Crippen LogP contribution in [0.5, 0.6) is 5.75 Å². The molecule has 0 bridgehead atoms. The number of phenols is 1. The van der Waals surface area contributed by atoms with Crippen molar-refractivity contribution in [1.29, 1.82) is 0 Å². The summed E-state index contributed by atoms with van der Waals surface area (Å²) >= 11 is 0. The summed E-state index contributed by atoms with van der Waals surface area (Å²) < 4.78 is 6.59. The maximum Gasteiger partial charge on any atom is 0.159 e. The van der Waals surface area contributed by atoms with Gasteiger partial charge in [-0.25, -0.2) is 0 Å². The minimum atomic E-state index is -0.755. The van der Waals surface area contributed by atoms with Gasteiger partial charge in [-0.2, -0.15) is 0 Å². The quantitative estimate of drug-likeness (QED) is 0.0638. The molecule has 1 heterocycles. The van der Waals surface area contributed by atoms with Crippen LogP contribution in [-0.4, -0.2) is 82.1 Å². The summed E-state index contributed by atoms with van der Waals surface area (Å²) in [5, 5.41) is 51.9. The molecule has 8 rings (SSSR count). The normalized spacial score (nSPS) is 37.4. The number of aromatic hydroxyl groups is 1. The number of nitrogen functional groups attached to an aromatic ring is 1. The van der Waals surface area contributed by atoms with E-state index in [1.54, 1.807) is 19.1 Å². The summed E-state index contributed by atoms with van der Waals surface area (Å²) in [6.45, 7) is 20.3. The Labute approximate surface area is 395 Å². The fraction of sp³-hybridized carbons (Fsp3) is 0.714. The average molecular weight is 910 g/mol. The van der Waals surface area contributed by atoms with Crippen molar-refractivity contribution in [2.75, 3.05) is 25.9 Å². The standard InChI is InChI=1S/C56H83N3O7/c1-31(2)18-34-20-36(24-38(57)22-34)40-12-11-13-42(40)55(9)51(66-55)45(63)19-32(3)48-43-14-15-47-53(7)26-41(37-21-35(30-58-10)23-39(62)25-37)50(65)52(5,6)49(53)44(59-29-33(4)61)27-56(47,16-17-60)54(43,8)28-46(48)64/h20-25,31-33,40-42,44-45,47,49,51,58-63H,11-19,26-30,57H2,1-10H3. The molecule has 8 N–H and O–H groups in total. The van der Waals surface area contributed by atoms with Crippen LogP contribution >= 0.6 is 0 Å². The Morgan fingerprint density at radius 2 is 1.64 bits per heavy atom. The second kappa shape index (κ2) is 18.0. The molecule has 1 aliphatic heterocycles. The smallest absolute Gasteiger partial charge is 0.159 e. The predicted molar refractivity (Wildman–Crippen MR) is 261 cm³/mol. The number of aliphatic hydroxyl groups is 3. The Morgan fingerprint density at radius 3 is 2.32 bits per heavy atom. The molecule has 5 aliphatic carbocycles. The van der Waals surface area contributed by atoms with Gasteiger partial charge in [0.15, 0.2) is 5.78 Å². The zero-order valence-electron chi connectivity index (χ0n) is 41.8. The molecule has 2 aromatic rings. The molecule has 364 valence electrons. The Kier molecular flexibility index (Phi) is 13.4. The highest BCUT2D eigenvalue weighted by Gasteiger charge is 2.72. The van der Waals surface area contributed by atoms with E-state index < -0.39 is 45.4 Å². The summed E-state index contributed by atoms with van der Waals surface area (Å²) in [6.07, 6.45) is 6.71. The second-order valence-electron chi connectivity index (χ2n) is 24.1. The average Bonchev–Trinajstić information content (AvgIpc) is 3.52. The van der Waals surface area contributed by atoms with Gasteiger partial charge < -0.3 is 41.5 Å². The van der Waals surface area contributed by atoms with Crippen LogP contribution in [0.15, 0.2) is 47.5 Å². The number of rotatable bonds is 16. The van der Waals surface area contributed by atoms with E-state index in [1.165, 1.54) is 16.7 Å². The molecule has 14 unspecified atom stereocenters. The molecule has 0 spiro atoms. The van der Waals surface area contributed by atoms with Crippen LogP contribution in [0.2, 0.25) is 0 Å². The summed E-state index contributed by atoms with van der Waals surface area (Å²) in [5.41, 5.74) is 11.0. The summed E-state index contributed by atoms with van der Waals surface area (Å²) in [7, 11) is 1.87. The highest BCUT2D eigenvalue weighted by molar-refractivity contribution is 6.00. The molecule has 0 amide bonds. The third kappa shape index (κ3) is 8.23. The number of allylic oxidation sites excluding steroid dienone is 2. The molecule has 0 radical (unpaired) electrons. The first-order chi connectivity index (χ1) is 31.0. The number of carbonyl (C=O) groups excluding carboxylic acids is 2. The van der Waals surface area contributed by atoms with Crippen molar-refractivity contribution in [1.82, 2.24) is 10.6 Å². The number of carbonyl (C=O) groups is 2. The number of nitrogens with two attached hydrogens (primary N) is 1. The van der Waals surface area contributed by atoms with Gasteiger partial charge >= 0.3 is 0 Å². The molecule has 5 fully saturated rings. The molecular formula is C56H83N3O7. The highest BCUT2D eigenvalue weighted by atomic mass is 16.6. The lowest BCUT2D eigenvalue weighted by molar-refractivity contribution is -0.203. The number of aliphatic hydroxyl groups excluding tert-OH is 3. The van der Waals surface area contributed by atoms with Crippen LogP contribution in [0.4, 0.5) is 5.69 Å². The molecular weight excluding hydrogens is 827 g/mol. The Hall–Kier alpha value is -3.12. The predicted octanol–water partition coefficient (Wildman–Crippen LogP) is 8.52. The van der Waals surface area contributed by atoms with Crippen LogP contribution < -0.4 is 16.4 Å². The highest BCUT2D eigenvalue weighted by Crippen LogP contribution is 2.76. The van der Waals surface area contributed by atoms with Crippen molar-refractivity contribution in [3.63, 3.8) is 0 Å². The number of fused-ring (bicyclic) bond motifs is 5. The fourth-order valence-corrected chi connectivity index (χ4v) is 16.6. The molecule has 10 heteroatoms. The van der Waals surface area contributed by atoms with Crippen molar-refractivity contribution >= 4 is 17.3 Å². The molecule has 1 saturated heterocycles. The van der Waals surface area contributed by atoms with E-state index in [2.05, 4.69) is 90.3 Å². The first kappa shape index (κ1) is 49.3. The molecule has 10 nitrogen and oxygen atoms in total. The van der Waals surface area contributed by atoms with E-state index in [1.807, 2.05) is 7.05 Å². The van der Waals surface area contributed by atoms with Crippen LogP contribution in [0.3, 0.4) is 0 Å². The van der Waals surface area contributed by atoms with Crippen LogP contribution in [0, 0.1) is 51.2 Å². The van der Waals surface area contributed by atoms with Crippen molar-refractivity contribution in [3.05, 3.63) is 69.8 Å². The number of ether oxygens (including phenoxy) is 1. The van der Waals surface area contributed by atoms with Gasteiger partial charge in [-0.3, -0.25) is 9.59 Å². The van der Waals surface area contributed by atoms with Crippen molar-refractivity contribution < 1.29 is 34.8 Å². The van der Waals surface area contributed by atoms with E-state index in [0.29, 0.717) is 57.0 Å². The molecule has 6 aliphatic rings. The Bertz CT molecular complexity index is 2200. The topological polar surface area (TPSA) is 178 Å². The van der Waals surface area contributed by atoms with Gasteiger partial charge in [-0.15, -0.1) is 0 Å². The van der Waals surface area contributed by atoms with Crippen molar-refractivity contribution in [3.8, 4) is 5.75 Å². The lowest BCUT2D eigenvalue weighted by Crippen LogP contribution is -2.70. The van der Waals surface area contributed by atoms with E-state index >= 15 is 0 Å². The van der Waals surface area contributed by atoms with Gasteiger partial charge in [-0.05, 0) is 177 Å². The molecule has 4 saturated carbocycles. The number of nitrogens with one attached hydrogen (secondary N) is 2. The van der Waals surface area contributed by atoms with E-state index in [0.717, 1.165) is 60.9 Å². The molecule has 0 aromatic heterocycles. The van der Waals surface area contributed by atoms with Crippen molar-refractivity contribution in [2.45, 2.75) is 181 Å². The van der Waals surface area contributed by atoms with E-state index in [4.69, 9.17) is 10.5 Å². The minimum Gasteiger partial charge on any atom is -0.508 e. The third-order valence-electron chi connectivity index (χ3n) is 18.8. The number of epoxide rings is 1.